The quantitative estimate of drug-likeness (QED) is 0.464. The van der Waals surface area contributed by atoms with Gasteiger partial charge in [0.2, 0.25) is 5.95 Å². The number of ether oxygens (including phenoxy) is 1. The van der Waals surface area contributed by atoms with Gasteiger partial charge in [0.1, 0.15) is 11.9 Å². The maximum atomic E-state index is 10.7. The van der Waals surface area contributed by atoms with E-state index in [2.05, 4.69) is 15.0 Å². The molecular weight excluding hydrogens is 305 g/mol. The molecule has 110 valence electrons. The van der Waals surface area contributed by atoms with Crippen LogP contribution in [0.2, 0.25) is 0 Å². The number of nitrogen functional groups attached to an aromatic ring is 1. The van der Waals surface area contributed by atoms with E-state index >= 15 is 0 Å². The number of imidazole rings is 1. The molecule has 9 nitrogen and oxygen atoms in total. The van der Waals surface area contributed by atoms with Crippen molar-refractivity contribution in [2.24, 2.45) is 0 Å². The molecule has 0 aliphatic carbocycles. The van der Waals surface area contributed by atoms with Crippen LogP contribution in [-0.4, -0.2) is 41.8 Å². The number of hydrogen-bond donors (Lipinski definition) is 4. The Morgan fingerprint density at radius 3 is 3.00 bits per heavy atom. The lowest BCUT2D eigenvalue weighted by atomic mass is 10.4. The van der Waals surface area contributed by atoms with Crippen molar-refractivity contribution in [2.45, 2.75) is 19.6 Å². The number of rotatable bonds is 5. The zero-order valence-electron chi connectivity index (χ0n) is 10.6. The van der Waals surface area contributed by atoms with Crippen molar-refractivity contribution in [3.8, 4) is 0 Å². The molecule has 0 saturated heterocycles. The van der Waals surface area contributed by atoms with Gasteiger partial charge in [-0.25, -0.2) is 9.97 Å². The molecule has 0 aliphatic rings. The predicted molar refractivity (Wildman–Crippen MR) is 74.6 cm³/mol. The Balaban J connectivity index is 2.18. The van der Waals surface area contributed by atoms with Crippen LogP contribution in [0.1, 0.15) is 6.92 Å². The third kappa shape index (κ3) is 3.62. The number of aromatic amines is 1. The van der Waals surface area contributed by atoms with Gasteiger partial charge in [-0.2, -0.15) is 0 Å². The monoisotopic (exact) mass is 319 g/mol. The zero-order chi connectivity index (χ0) is 14.9. The second-order valence-corrected chi connectivity index (χ2v) is 6.27. The number of nitrogens with zero attached hydrogens (tertiary/aromatic N) is 3. The summed E-state index contributed by atoms with van der Waals surface area (Å²) in [5, 5.41) is 0. The van der Waals surface area contributed by atoms with Gasteiger partial charge in [-0.15, -0.1) is 0 Å². The van der Waals surface area contributed by atoms with E-state index in [1.54, 1.807) is 11.5 Å². The van der Waals surface area contributed by atoms with Crippen LogP contribution >= 0.6 is 19.8 Å². The number of nitrogens with one attached hydrogen (secondary N) is 1. The Morgan fingerprint density at radius 1 is 1.65 bits per heavy atom. The number of fused-ring (bicyclic) bond motifs is 1. The second-order valence-electron chi connectivity index (χ2n) is 4.29. The molecular formula is C9H14N5O4PS. The summed E-state index contributed by atoms with van der Waals surface area (Å²) in [6.07, 6.45) is 0.487. The van der Waals surface area contributed by atoms with E-state index in [1.807, 2.05) is 0 Å². The highest BCUT2D eigenvalue weighted by Gasteiger charge is 2.16. The van der Waals surface area contributed by atoms with Crippen LogP contribution in [0, 0.1) is 4.64 Å². The molecule has 1 atom stereocenters. The third-order valence-electron chi connectivity index (χ3n) is 2.49. The molecule has 0 bridgehead atoms. The van der Waals surface area contributed by atoms with Crippen molar-refractivity contribution < 1.29 is 19.1 Å². The van der Waals surface area contributed by atoms with Crippen LogP contribution in [0.15, 0.2) is 6.33 Å². The summed E-state index contributed by atoms with van der Waals surface area (Å²) in [7, 11) is -4.18. The van der Waals surface area contributed by atoms with Crippen molar-refractivity contribution in [3.63, 3.8) is 0 Å². The SMILES string of the molecule is CC(Cn1cnc2[nH]c(N)nc(=S)c21)OCP(=O)(O)O. The Bertz CT molecular complexity index is 723. The molecule has 5 N–H and O–H groups in total. The first-order valence-electron chi connectivity index (χ1n) is 5.63. The van der Waals surface area contributed by atoms with Crippen LogP contribution < -0.4 is 5.73 Å². The Labute approximate surface area is 119 Å². The molecule has 2 aromatic rings. The van der Waals surface area contributed by atoms with E-state index in [0.29, 0.717) is 22.3 Å². The van der Waals surface area contributed by atoms with Gasteiger partial charge in [0.05, 0.1) is 19.0 Å². The molecule has 2 aromatic heterocycles. The lowest BCUT2D eigenvalue weighted by Gasteiger charge is -2.14. The van der Waals surface area contributed by atoms with Gasteiger partial charge in [0.25, 0.3) is 0 Å². The van der Waals surface area contributed by atoms with Crippen LogP contribution in [-0.2, 0) is 15.8 Å². The topological polar surface area (TPSA) is 139 Å². The first-order chi connectivity index (χ1) is 9.26. The lowest BCUT2D eigenvalue weighted by molar-refractivity contribution is 0.0765. The van der Waals surface area contributed by atoms with E-state index in [0.717, 1.165) is 0 Å². The van der Waals surface area contributed by atoms with Crippen molar-refractivity contribution >= 4 is 36.9 Å². The van der Waals surface area contributed by atoms with Crippen LogP contribution in [0.3, 0.4) is 0 Å². The summed E-state index contributed by atoms with van der Waals surface area (Å²) in [5.41, 5.74) is 6.64. The van der Waals surface area contributed by atoms with E-state index in [-0.39, 0.29) is 5.95 Å². The van der Waals surface area contributed by atoms with Gasteiger partial charge in [0, 0.05) is 0 Å². The molecule has 0 aliphatic heterocycles. The van der Waals surface area contributed by atoms with Crippen molar-refractivity contribution in [3.05, 3.63) is 11.0 Å². The number of anilines is 1. The summed E-state index contributed by atoms with van der Waals surface area (Å²) < 4.78 is 17.8. The molecule has 1 unspecified atom stereocenters. The summed E-state index contributed by atoms with van der Waals surface area (Å²) in [5.74, 6) is 0.179. The Kier molecular flexibility index (Phi) is 4.21. The minimum absolute atomic E-state index is 0.179. The highest BCUT2D eigenvalue weighted by Crippen LogP contribution is 2.34. The van der Waals surface area contributed by atoms with Gasteiger partial charge in [-0.05, 0) is 6.92 Å². The summed E-state index contributed by atoms with van der Waals surface area (Å²) in [6.45, 7) is 2.03. The zero-order valence-corrected chi connectivity index (χ0v) is 12.3. The van der Waals surface area contributed by atoms with E-state index in [4.69, 9.17) is 32.5 Å². The molecule has 20 heavy (non-hydrogen) atoms. The fourth-order valence-electron chi connectivity index (χ4n) is 1.70. The van der Waals surface area contributed by atoms with E-state index < -0.39 is 20.0 Å². The average Bonchev–Trinajstić information content (AvgIpc) is 2.68. The molecule has 0 saturated carbocycles. The number of nitrogens with two attached hydrogens (primary N) is 1. The summed E-state index contributed by atoms with van der Waals surface area (Å²) in [6, 6.07) is 0. The third-order valence-corrected chi connectivity index (χ3v) is 3.26. The van der Waals surface area contributed by atoms with Gasteiger partial charge in [-0.3, -0.25) is 4.57 Å². The van der Waals surface area contributed by atoms with Gasteiger partial charge >= 0.3 is 7.60 Å². The Hall–Kier alpha value is -1.32. The number of H-pyrrole nitrogens is 1. The lowest BCUT2D eigenvalue weighted by Crippen LogP contribution is -2.17. The minimum Gasteiger partial charge on any atom is -0.369 e. The smallest absolute Gasteiger partial charge is 0.350 e. The summed E-state index contributed by atoms with van der Waals surface area (Å²) >= 11 is 5.12. The van der Waals surface area contributed by atoms with E-state index in [9.17, 15) is 4.57 Å². The van der Waals surface area contributed by atoms with Crippen molar-refractivity contribution in [1.29, 1.82) is 0 Å². The molecule has 2 heterocycles. The highest BCUT2D eigenvalue weighted by atomic mass is 32.1. The van der Waals surface area contributed by atoms with Gasteiger partial charge in [-0.1, -0.05) is 12.2 Å². The molecule has 11 heteroatoms. The fourth-order valence-corrected chi connectivity index (χ4v) is 2.46. The number of hydrogen-bond acceptors (Lipinski definition) is 6. The predicted octanol–water partition coefficient (Wildman–Crippen LogP) is 0.611. The maximum absolute atomic E-state index is 10.7. The van der Waals surface area contributed by atoms with Crippen LogP contribution in [0.4, 0.5) is 5.95 Å². The van der Waals surface area contributed by atoms with Crippen LogP contribution in [0.25, 0.3) is 11.2 Å². The van der Waals surface area contributed by atoms with Crippen molar-refractivity contribution in [2.75, 3.05) is 12.1 Å². The molecule has 0 radical (unpaired) electrons. The average molecular weight is 319 g/mol. The molecule has 0 aromatic carbocycles. The summed E-state index contributed by atoms with van der Waals surface area (Å²) in [4.78, 5) is 28.4. The standard InChI is InChI=1S/C9H14N5O4PS/c1-5(18-4-19(15,16)17)2-14-3-11-7-6(14)8(20)13-9(10)12-7/h3,5H,2,4H2,1H3,(H2,15,16,17)(H3,10,12,13,20). The van der Waals surface area contributed by atoms with Gasteiger partial charge in [0.15, 0.2) is 10.3 Å². The van der Waals surface area contributed by atoms with E-state index in [1.165, 1.54) is 6.33 Å². The van der Waals surface area contributed by atoms with Crippen LogP contribution in [0.5, 0.6) is 0 Å². The van der Waals surface area contributed by atoms with Gasteiger partial charge < -0.3 is 29.8 Å². The minimum atomic E-state index is -4.18. The molecule has 2 rings (SSSR count). The normalized spacial score (nSPS) is 13.8. The fraction of sp³-hybridized carbons (Fsp3) is 0.444. The first kappa shape index (κ1) is 15.1. The first-order valence-corrected chi connectivity index (χ1v) is 7.83. The Morgan fingerprint density at radius 2 is 2.35 bits per heavy atom. The molecule has 0 amide bonds. The number of aromatic nitrogens is 4. The molecule has 0 fully saturated rings. The highest BCUT2D eigenvalue weighted by molar-refractivity contribution is 7.71. The molecule has 0 spiro atoms. The largest absolute Gasteiger partial charge is 0.369 e. The maximum Gasteiger partial charge on any atom is 0.350 e. The second kappa shape index (κ2) is 5.58. The van der Waals surface area contributed by atoms with Crippen molar-refractivity contribution in [1.82, 2.24) is 19.5 Å².